The Morgan fingerprint density at radius 2 is 1.68 bits per heavy atom. The minimum atomic E-state index is -3.91. The Kier molecular flexibility index (Phi) is 6.98. The van der Waals surface area contributed by atoms with Gasteiger partial charge in [-0.15, -0.1) is 0 Å². The van der Waals surface area contributed by atoms with Gasteiger partial charge >= 0.3 is 0 Å². The first kappa shape index (κ1) is 21.6. The van der Waals surface area contributed by atoms with Crippen LogP contribution in [-0.2, 0) is 21.4 Å². The van der Waals surface area contributed by atoms with E-state index in [1.165, 1.54) is 12.0 Å². The number of ether oxygens (including phenoxy) is 2. The molecule has 0 unspecified atom stereocenters. The molecule has 0 radical (unpaired) electrons. The van der Waals surface area contributed by atoms with Gasteiger partial charge in [0.2, 0.25) is 15.9 Å². The second-order valence-corrected chi connectivity index (χ2v) is 7.93. The fraction of sp³-hybridized carbons (Fsp3) is 0.316. The minimum Gasteiger partial charge on any atom is -0.493 e. The number of amides is 1. The van der Waals surface area contributed by atoms with Crippen LogP contribution in [0.25, 0.3) is 0 Å². The van der Waals surface area contributed by atoms with Crippen molar-refractivity contribution in [2.75, 3.05) is 27.8 Å². The van der Waals surface area contributed by atoms with E-state index >= 15 is 0 Å². The maximum atomic E-state index is 12.9. The van der Waals surface area contributed by atoms with Gasteiger partial charge in [0.15, 0.2) is 11.5 Å². The molecule has 9 heteroatoms. The van der Waals surface area contributed by atoms with E-state index in [4.69, 9.17) is 9.47 Å². The highest BCUT2D eigenvalue weighted by atomic mass is 32.2. The molecule has 2 aromatic carbocycles. The SMILES string of the molecule is COc1cc(C)c(CN(C)C(=O)CNS(=O)(=O)c2ccc(F)cc2)cc1OC. The molecule has 0 saturated carbocycles. The van der Waals surface area contributed by atoms with Gasteiger partial charge in [-0.1, -0.05) is 0 Å². The van der Waals surface area contributed by atoms with E-state index in [0.717, 1.165) is 35.4 Å². The third-order valence-electron chi connectivity index (χ3n) is 4.21. The van der Waals surface area contributed by atoms with Crippen LogP contribution in [0.3, 0.4) is 0 Å². The Morgan fingerprint density at radius 3 is 2.25 bits per heavy atom. The molecular formula is C19H23FN2O5S. The zero-order valence-electron chi connectivity index (χ0n) is 16.2. The molecule has 0 aliphatic carbocycles. The predicted octanol–water partition coefficient (Wildman–Crippen LogP) is 2.09. The molecule has 1 N–H and O–H groups in total. The summed E-state index contributed by atoms with van der Waals surface area (Å²) in [6.07, 6.45) is 0. The molecule has 28 heavy (non-hydrogen) atoms. The summed E-state index contributed by atoms with van der Waals surface area (Å²) in [5, 5.41) is 0. The maximum Gasteiger partial charge on any atom is 0.241 e. The van der Waals surface area contributed by atoms with Crippen molar-refractivity contribution < 1.29 is 27.1 Å². The molecule has 1 amide bonds. The minimum absolute atomic E-state index is 0.111. The molecule has 152 valence electrons. The Hall–Kier alpha value is -2.65. The van der Waals surface area contributed by atoms with Gasteiger partial charge in [0.25, 0.3) is 0 Å². The van der Waals surface area contributed by atoms with Crippen molar-refractivity contribution >= 4 is 15.9 Å². The Morgan fingerprint density at radius 1 is 1.11 bits per heavy atom. The van der Waals surface area contributed by atoms with Gasteiger partial charge in [0.05, 0.1) is 25.7 Å². The van der Waals surface area contributed by atoms with Crippen molar-refractivity contribution in [2.45, 2.75) is 18.4 Å². The molecule has 0 heterocycles. The fourth-order valence-electron chi connectivity index (χ4n) is 2.53. The number of carbonyl (C=O) groups excluding carboxylic acids is 1. The summed E-state index contributed by atoms with van der Waals surface area (Å²) in [5.74, 6) is 0.172. The van der Waals surface area contributed by atoms with Gasteiger partial charge in [0, 0.05) is 13.6 Å². The highest BCUT2D eigenvalue weighted by molar-refractivity contribution is 7.89. The number of hydrogen-bond acceptors (Lipinski definition) is 5. The summed E-state index contributed by atoms with van der Waals surface area (Å²) in [5.41, 5.74) is 1.75. The number of aryl methyl sites for hydroxylation is 1. The van der Waals surface area contributed by atoms with Gasteiger partial charge in [-0.25, -0.2) is 17.5 Å². The van der Waals surface area contributed by atoms with Crippen molar-refractivity contribution in [3.63, 3.8) is 0 Å². The Labute approximate surface area is 164 Å². The van der Waals surface area contributed by atoms with E-state index < -0.39 is 28.3 Å². The van der Waals surface area contributed by atoms with E-state index in [2.05, 4.69) is 4.72 Å². The van der Waals surface area contributed by atoms with Gasteiger partial charge < -0.3 is 14.4 Å². The Bertz CT molecular complexity index is 946. The lowest BCUT2D eigenvalue weighted by molar-refractivity contribution is -0.129. The number of nitrogens with zero attached hydrogens (tertiary/aromatic N) is 1. The van der Waals surface area contributed by atoms with Crippen LogP contribution >= 0.6 is 0 Å². The standard InChI is InChI=1S/C19H23FN2O5S/c1-13-9-17(26-3)18(27-4)10-14(13)12-22(2)19(23)11-21-28(24,25)16-7-5-15(20)6-8-16/h5-10,21H,11-12H2,1-4H3. The van der Waals surface area contributed by atoms with Crippen LogP contribution in [0.4, 0.5) is 4.39 Å². The lowest BCUT2D eigenvalue weighted by Gasteiger charge is -2.20. The van der Waals surface area contributed by atoms with Crippen LogP contribution in [0.2, 0.25) is 0 Å². The predicted molar refractivity (Wildman–Crippen MR) is 102 cm³/mol. The number of benzene rings is 2. The van der Waals surface area contributed by atoms with E-state index in [1.807, 2.05) is 13.0 Å². The lowest BCUT2D eigenvalue weighted by atomic mass is 10.1. The molecule has 2 rings (SSSR count). The number of methoxy groups -OCH3 is 2. The summed E-state index contributed by atoms with van der Waals surface area (Å²) in [6.45, 7) is 1.73. The zero-order valence-corrected chi connectivity index (χ0v) is 17.0. The second kappa shape index (κ2) is 9.03. The zero-order chi connectivity index (χ0) is 20.9. The number of likely N-dealkylation sites (N-methyl/N-ethyl adjacent to an activating group) is 1. The smallest absolute Gasteiger partial charge is 0.241 e. The third kappa shape index (κ3) is 5.20. The molecule has 2 aromatic rings. The summed E-state index contributed by atoms with van der Waals surface area (Å²) >= 11 is 0. The van der Waals surface area contributed by atoms with Gasteiger partial charge in [-0.2, -0.15) is 0 Å². The number of halogens is 1. The normalized spacial score (nSPS) is 11.2. The number of rotatable bonds is 8. The van der Waals surface area contributed by atoms with Gasteiger partial charge in [0.1, 0.15) is 5.82 Å². The van der Waals surface area contributed by atoms with Crippen LogP contribution in [0.1, 0.15) is 11.1 Å². The average molecular weight is 410 g/mol. The molecule has 0 fully saturated rings. The number of nitrogens with one attached hydrogen (secondary N) is 1. The molecule has 0 spiro atoms. The fourth-order valence-corrected chi connectivity index (χ4v) is 3.50. The first-order valence-corrected chi connectivity index (χ1v) is 9.87. The van der Waals surface area contributed by atoms with Crippen LogP contribution < -0.4 is 14.2 Å². The van der Waals surface area contributed by atoms with Crippen LogP contribution in [0, 0.1) is 12.7 Å². The van der Waals surface area contributed by atoms with Crippen molar-refractivity contribution in [1.29, 1.82) is 0 Å². The van der Waals surface area contributed by atoms with E-state index in [0.29, 0.717) is 11.5 Å². The topological polar surface area (TPSA) is 84.9 Å². The van der Waals surface area contributed by atoms with Crippen LogP contribution in [0.5, 0.6) is 11.5 Å². The monoisotopic (exact) mass is 410 g/mol. The maximum absolute atomic E-state index is 12.9. The summed E-state index contributed by atoms with van der Waals surface area (Å²) in [6, 6.07) is 7.95. The van der Waals surface area contributed by atoms with Gasteiger partial charge in [-0.05, 0) is 54.4 Å². The third-order valence-corrected chi connectivity index (χ3v) is 5.63. The van der Waals surface area contributed by atoms with Gasteiger partial charge in [-0.3, -0.25) is 4.79 Å². The number of sulfonamides is 1. The molecule has 0 aliphatic rings. The first-order chi connectivity index (χ1) is 13.2. The van der Waals surface area contributed by atoms with Crippen molar-refractivity contribution in [1.82, 2.24) is 9.62 Å². The lowest BCUT2D eigenvalue weighted by Crippen LogP contribution is -2.37. The van der Waals surface area contributed by atoms with E-state index in [1.54, 1.807) is 20.2 Å². The molecule has 0 bridgehead atoms. The first-order valence-electron chi connectivity index (χ1n) is 8.38. The molecule has 7 nitrogen and oxygen atoms in total. The summed E-state index contributed by atoms with van der Waals surface area (Å²) in [4.78, 5) is 13.6. The molecule has 0 saturated heterocycles. The summed E-state index contributed by atoms with van der Waals surface area (Å²) < 4.78 is 50.1. The van der Waals surface area contributed by atoms with Crippen molar-refractivity contribution in [2.24, 2.45) is 0 Å². The highest BCUT2D eigenvalue weighted by Crippen LogP contribution is 2.30. The number of carbonyl (C=O) groups is 1. The molecule has 0 aliphatic heterocycles. The number of hydrogen-bond donors (Lipinski definition) is 1. The highest BCUT2D eigenvalue weighted by Gasteiger charge is 2.18. The van der Waals surface area contributed by atoms with Crippen LogP contribution in [-0.4, -0.2) is 47.0 Å². The Balaban J connectivity index is 2.04. The molecular weight excluding hydrogens is 387 g/mol. The quantitative estimate of drug-likeness (QED) is 0.720. The molecule has 0 aromatic heterocycles. The van der Waals surface area contributed by atoms with Crippen molar-refractivity contribution in [3.8, 4) is 11.5 Å². The average Bonchev–Trinajstić information content (AvgIpc) is 2.67. The summed E-state index contributed by atoms with van der Waals surface area (Å²) in [7, 11) is 0.732. The largest absolute Gasteiger partial charge is 0.493 e. The second-order valence-electron chi connectivity index (χ2n) is 6.16. The molecule has 0 atom stereocenters. The van der Waals surface area contributed by atoms with Crippen LogP contribution in [0.15, 0.2) is 41.3 Å². The van der Waals surface area contributed by atoms with Crippen molar-refractivity contribution in [3.05, 3.63) is 53.3 Å². The van der Waals surface area contributed by atoms with E-state index in [-0.39, 0.29) is 11.4 Å². The van der Waals surface area contributed by atoms with E-state index in [9.17, 15) is 17.6 Å².